The molecule has 0 aliphatic rings. The van der Waals surface area contributed by atoms with Crippen LogP contribution in [0.3, 0.4) is 0 Å². The number of sulfone groups is 1. The predicted octanol–water partition coefficient (Wildman–Crippen LogP) is 6.75. The molecule has 3 heterocycles. The second-order valence-electron chi connectivity index (χ2n) is 8.83. The molecular formula is C28H42N6O2S. The number of nitrogens with zero attached hydrogens (tertiary/aromatic N) is 4. The number of aryl methyl sites for hydroxylation is 2. The first-order chi connectivity index (χ1) is 17.7. The van der Waals surface area contributed by atoms with E-state index in [-0.39, 0.29) is 4.90 Å². The lowest BCUT2D eigenvalue weighted by Gasteiger charge is -2.10. The van der Waals surface area contributed by atoms with Gasteiger partial charge in [-0.05, 0) is 32.0 Å². The van der Waals surface area contributed by atoms with Crippen molar-refractivity contribution in [3.63, 3.8) is 0 Å². The smallest absolute Gasteiger partial charge is 0.209 e. The van der Waals surface area contributed by atoms with Crippen molar-refractivity contribution < 1.29 is 8.42 Å². The molecule has 0 fully saturated rings. The van der Waals surface area contributed by atoms with Crippen LogP contribution in [0.2, 0.25) is 0 Å². The number of fused-ring (bicyclic) bond motifs is 1. The topological polar surface area (TPSA) is 105 Å². The van der Waals surface area contributed by atoms with Crippen molar-refractivity contribution in [1.29, 1.82) is 0 Å². The van der Waals surface area contributed by atoms with Gasteiger partial charge in [0.25, 0.3) is 0 Å². The average molecular weight is 527 g/mol. The molecule has 37 heavy (non-hydrogen) atoms. The number of aromatic amines is 1. The van der Waals surface area contributed by atoms with Gasteiger partial charge in [0, 0.05) is 29.8 Å². The number of imidazole rings is 1. The summed E-state index contributed by atoms with van der Waals surface area (Å²) < 4.78 is 25.7. The lowest BCUT2D eigenvalue weighted by atomic mass is 10.1. The summed E-state index contributed by atoms with van der Waals surface area (Å²) in [5.41, 5.74) is 4.80. The van der Waals surface area contributed by atoms with E-state index in [4.69, 9.17) is 4.98 Å². The highest BCUT2D eigenvalue weighted by atomic mass is 32.2. The zero-order valence-corrected chi connectivity index (χ0v) is 24.1. The highest BCUT2D eigenvalue weighted by Gasteiger charge is 2.13. The van der Waals surface area contributed by atoms with Gasteiger partial charge in [0.05, 0.1) is 28.5 Å². The maximum atomic E-state index is 11.9. The van der Waals surface area contributed by atoms with Gasteiger partial charge in [-0.25, -0.2) is 18.4 Å². The van der Waals surface area contributed by atoms with Crippen molar-refractivity contribution in [3.05, 3.63) is 59.7 Å². The van der Waals surface area contributed by atoms with Gasteiger partial charge in [-0.3, -0.25) is 9.50 Å². The fourth-order valence-electron chi connectivity index (χ4n) is 3.68. The van der Waals surface area contributed by atoms with Gasteiger partial charge >= 0.3 is 0 Å². The van der Waals surface area contributed by atoms with E-state index in [9.17, 15) is 8.42 Å². The minimum absolute atomic E-state index is 0.257. The van der Waals surface area contributed by atoms with Crippen LogP contribution < -0.4 is 5.32 Å². The summed E-state index contributed by atoms with van der Waals surface area (Å²) in [7, 11) is -3.30. The third-order valence-electron chi connectivity index (χ3n) is 5.53. The van der Waals surface area contributed by atoms with Crippen molar-refractivity contribution in [2.75, 3.05) is 11.6 Å². The lowest BCUT2D eigenvalue weighted by Crippen LogP contribution is -2.07. The molecule has 9 heteroatoms. The number of rotatable bonds is 9. The Morgan fingerprint density at radius 3 is 2.27 bits per heavy atom. The van der Waals surface area contributed by atoms with Crippen LogP contribution in [-0.2, 0) is 16.4 Å². The Morgan fingerprint density at radius 1 is 0.973 bits per heavy atom. The third-order valence-corrected chi connectivity index (χ3v) is 6.64. The Hall–Kier alpha value is -3.20. The zero-order chi connectivity index (χ0) is 27.4. The van der Waals surface area contributed by atoms with Crippen LogP contribution in [0.25, 0.3) is 16.9 Å². The number of nitrogens with one attached hydrogen (secondary N) is 2. The van der Waals surface area contributed by atoms with E-state index in [1.54, 1.807) is 18.2 Å². The molecule has 2 N–H and O–H groups in total. The molecule has 0 aliphatic heterocycles. The molecule has 0 saturated heterocycles. The van der Waals surface area contributed by atoms with E-state index >= 15 is 0 Å². The van der Waals surface area contributed by atoms with Gasteiger partial charge in [0.2, 0.25) is 5.95 Å². The number of anilines is 1. The van der Waals surface area contributed by atoms with E-state index in [1.165, 1.54) is 38.4 Å². The van der Waals surface area contributed by atoms with Gasteiger partial charge < -0.3 is 5.32 Å². The SMILES string of the molecule is CC.CCCCCCC.Cc1cn2c(NCc3cc(C)[nH]n3)nc(-c3cccc(S(C)(=O)=O)c3)cc2n1. The number of H-pyrrole nitrogens is 1. The molecule has 0 saturated carbocycles. The molecule has 1 aromatic carbocycles. The molecule has 0 spiro atoms. The Kier molecular flexibility index (Phi) is 11.8. The van der Waals surface area contributed by atoms with Gasteiger partial charge in [-0.1, -0.05) is 71.9 Å². The molecule has 3 aromatic heterocycles. The molecular weight excluding hydrogens is 484 g/mol. The molecule has 0 aliphatic carbocycles. The first-order valence-electron chi connectivity index (χ1n) is 13.1. The average Bonchev–Trinajstić information content (AvgIpc) is 3.48. The van der Waals surface area contributed by atoms with E-state index in [0.717, 1.165) is 22.7 Å². The Morgan fingerprint density at radius 2 is 1.68 bits per heavy atom. The maximum absolute atomic E-state index is 11.9. The van der Waals surface area contributed by atoms with E-state index in [2.05, 4.69) is 34.3 Å². The molecule has 0 radical (unpaired) electrons. The van der Waals surface area contributed by atoms with Gasteiger partial charge in [0.1, 0.15) is 5.65 Å². The largest absolute Gasteiger partial charge is 0.350 e. The Bertz CT molecular complexity index is 1350. The second kappa shape index (κ2) is 14.5. The summed E-state index contributed by atoms with van der Waals surface area (Å²) in [6.07, 6.45) is 10.1. The third kappa shape index (κ3) is 9.00. The molecule has 0 bridgehead atoms. The number of hydrogen-bond acceptors (Lipinski definition) is 6. The van der Waals surface area contributed by atoms with Crippen molar-refractivity contribution in [2.45, 2.75) is 85.1 Å². The Balaban J connectivity index is 0.000000465. The minimum atomic E-state index is -3.30. The maximum Gasteiger partial charge on any atom is 0.209 e. The Labute approximate surface area is 221 Å². The van der Waals surface area contributed by atoms with Crippen LogP contribution in [0.15, 0.2) is 47.5 Å². The van der Waals surface area contributed by atoms with Gasteiger partial charge in [-0.15, -0.1) is 0 Å². The summed E-state index contributed by atoms with van der Waals surface area (Å²) in [4.78, 5) is 9.50. The molecule has 4 rings (SSSR count). The summed E-state index contributed by atoms with van der Waals surface area (Å²) in [5.74, 6) is 0.610. The lowest BCUT2D eigenvalue weighted by molar-refractivity contribution is 0.602. The van der Waals surface area contributed by atoms with Crippen molar-refractivity contribution >= 4 is 21.4 Å². The van der Waals surface area contributed by atoms with E-state index < -0.39 is 9.84 Å². The number of aromatic nitrogens is 5. The second-order valence-corrected chi connectivity index (χ2v) is 10.8. The minimum Gasteiger partial charge on any atom is -0.350 e. The first-order valence-corrected chi connectivity index (χ1v) is 15.0. The predicted molar refractivity (Wildman–Crippen MR) is 153 cm³/mol. The summed E-state index contributed by atoms with van der Waals surface area (Å²) >= 11 is 0. The molecule has 202 valence electrons. The van der Waals surface area contributed by atoms with Gasteiger partial charge in [-0.2, -0.15) is 5.10 Å². The van der Waals surface area contributed by atoms with Crippen LogP contribution in [0.4, 0.5) is 5.95 Å². The van der Waals surface area contributed by atoms with Crippen LogP contribution >= 0.6 is 0 Å². The normalized spacial score (nSPS) is 10.9. The number of unbranched alkanes of at least 4 members (excludes halogenated alkanes) is 4. The highest BCUT2D eigenvalue weighted by Crippen LogP contribution is 2.24. The quantitative estimate of drug-likeness (QED) is 0.234. The van der Waals surface area contributed by atoms with Crippen LogP contribution in [0, 0.1) is 13.8 Å². The molecule has 0 unspecified atom stereocenters. The highest BCUT2D eigenvalue weighted by molar-refractivity contribution is 7.90. The first kappa shape index (κ1) is 30.0. The summed E-state index contributed by atoms with van der Waals surface area (Å²) in [5, 5.41) is 10.4. The summed E-state index contributed by atoms with van der Waals surface area (Å²) in [6, 6.07) is 10.6. The molecule has 4 aromatic rings. The molecule has 0 atom stereocenters. The molecule has 0 amide bonds. The standard InChI is InChI=1S/C19H20N6O2S.C7H16.C2H6/c1-12-7-15(24-23-12)10-20-19-22-17(9-18-21-13(2)11-25(18)19)14-5-4-6-16(8-14)28(3,26)27;1-3-5-7-6-4-2;1-2/h4-9,11H,10H2,1-3H3,(H,20,22)(H,23,24);3-7H2,1-2H3;1-2H3. The monoisotopic (exact) mass is 526 g/mol. The zero-order valence-electron chi connectivity index (χ0n) is 23.3. The van der Waals surface area contributed by atoms with E-state index in [0.29, 0.717) is 23.8 Å². The van der Waals surface area contributed by atoms with Gasteiger partial charge in [0.15, 0.2) is 9.84 Å². The van der Waals surface area contributed by atoms with Crippen LogP contribution in [-0.4, -0.2) is 39.2 Å². The van der Waals surface area contributed by atoms with Crippen molar-refractivity contribution in [3.8, 4) is 11.3 Å². The molecule has 8 nitrogen and oxygen atoms in total. The van der Waals surface area contributed by atoms with E-state index in [1.807, 2.05) is 56.5 Å². The number of benzene rings is 1. The van der Waals surface area contributed by atoms with Crippen molar-refractivity contribution in [2.24, 2.45) is 0 Å². The van der Waals surface area contributed by atoms with Crippen LogP contribution in [0.1, 0.15) is 76.9 Å². The van der Waals surface area contributed by atoms with Crippen LogP contribution in [0.5, 0.6) is 0 Å². The fourth-order valence-corrected chi connectivity index (χ4v) is 4.35. The summed E-state index contributed by atoms with van der Waals surface area (Å²) in [6.45, 7) is 12.8. The van der Waals surface area contributed by atoms with Crippen molar-refractivity contribution in [1.82, 2.24) is 24.6 Å². The number of hydrogen-bond donors (Lipinski definition) is 2. The fraction of sp³-hybridized carbons (Fsp3) is 0.464.